The molecular formula is C30H26N2O6S. The van der Waals surface area contributed by atoms with Crippen LogP contribution in [0.1, 0.15) is 28.3 Å². The van der Waals surface area contributed by atoms with Crippen LogP contribution in [-0.4, -0.2) is 36.0 Å². The summed E-state index contributed by atoms with van der Waals surface area (Å²) in [5.74, 6) is -0.347. The molecule has 1 amide bonds. The predicted molar refractivity (Wildman–Crippen MR) is 148 cm³/mol. The van der Waals surface area contributed by atoms with E-state index in [0.717, 1.165) is 11.1 Å². The molecule has 39 heavy (non-hydrogen) atoms. The van der Waals surface area contributed by atoms with Crippen LogP contribution >= 0.6 is 11.3 Å². The van der Waals surface area contributed by atoms with E-state index in [2.05, 4.69) is 11.1 Å². The number of aryl methyl sites for hydroxylation is 1. The average Bonchev–Trinajstić information content (AvgIpc) is 3.58. The van der Waals surface area contributed by atoms with Crippen LogP contribution in [-0.2, 0) is 16.2 Å². The molecule has 5 rings (SSSR count). The summed E-state index contributed by atoms with van der Waals surface area (Å²) in [5, 5.41) is 13.4. The second kappa shape index (κ2) is 11.0. The van der Waals surface area contributed by atoms with E-state index in [-0.39, 0.29) is 11.3 Å². The number of hydrogen-bond donors (Lipinski definition) is 1. The molecule has 0 saturated carbocycles. The number of hydrogen-bond acceptors (Lipinski definition) is 8. The van der Waals surface area contributed by atoms with Gasteiger partial charge >= 0.3 is 5.91 Å². The molecule has 8 nitrogen and oxygen atoms in total. The molecule has 0 unspecified atom stereocenters. The smallest absolute Gasteiger partial charge is 0.301 e. The van der Waals surface area contributed by atoms with Gasteiger partial charge in [0.15, 0.2) is 16.6 Å². The molecule has 0 aliphatic carbocycles. The van der Waals surface area contributed by atoms with Crippen LogP contribution in [0.3, 0.4) is 0 Å². The quantitative estimate of drug-likeness (QED) is 0.174. The fourth-order valence-corrected chi connectivity index (χ4v) is 5.20. The number of anilines is 1. The first-order valence-corrected chi connectivity index (χ1v) is 13.0. The highest BCUT2D eigenvalue weighted by molar-refractivity contribution is 7.14. The fourth-order valence-electron chi connectivity index (χ4n) is 4.54. The lowest BCUT2D eigenvalue weighted by molar-refractivity contribution is -0.132. The zero-order chi connectivity index (χ0) is 27.5. The summed E-state index contributed by atoms with van der Waals surface area (Å²) in [6.07, 6.45) is 1.56. The number of aliphatic hydroxyl groups is 1. The van der Waals surface area contributed by atoms with Crippen LogP contribution in [0, 0.1) is 6.92 Å². The zero-order valence-electron chi connectivity index (χ0n) is 21.6. The molecule has 1 aliphatic rings. The molecule has 1 N–H and O–H groups in total. The van der Waals surface area contributed by atoms with E-state index in [1.54, 1.807) is 54.0 Å². The lowest BCUT2D eigenvalue weighted by Gasteiger charge is -2.23. The molecule has 9 heteroatoms. The Morgan fingerprint density at radius 1 is 1.00 bits per heavy atom. The molecule has 0 radical (unpaired) electrons. The Hall–Kier alpha value is -4.63. The number of rotatable bonds is 8. The van der Waals surface area contributed by atoms with Gasteiger partial charge in [-0.25, -0.2) is 4.98 Å². The van der Waals surface area contributed by atoms with E-state index in [0.29, 0.717) is 40.1 Å². The topological polar surface area (TPSA) is 98.2 Å². The third kappa shape index (κ3) is 5.08. The molecule has 1 fully saturated rings. The maximum atomic E-state index is 13.3. The number of thiazole rings is 1. The first-order valence-electron chi connectivity index (χ1n) is 12.1. The Bertz CT molecular complexity index is 1550. The summed E-state index contributed by atoms with van der Waals surface area (Å²) in [6.45, 7) is 2.42. The Balaban J connectivity index is 1.52. The molecule has 0 bridgehead atoms. The number of aromatic nitrogens is 1. The first-order chi connectivity index (χ1) is 18.9. The molecule has 198 valence electrons. The van der Waals surface area contributed by atoms with Gasteiger partial charge in [0.2, 0.25) is 0 Å². The average molecular weight is 543 g/mol. The second-order valence-electron chi connectivity index (χ2n) is 8.90. The number of amides is 1. The Morgan fingerprint density at radius 2 is 1.77 bits per heavy atom. The highest BCUT2D eigenvalue weighted by Gasteiger charge is 2.48. The number of ketones is 1. The molecule has 4 aromatic rings. The predicted octanol–water partition coefficient (Wildman–Crippen LogP) is 5.67. The molecule has 1 aliphatic heterocycles. The zero-order valence-corrected chi connectivity index (χ0v) is 22.4. The van der Waals surface area contributed by atoms with Gasteiger partial charge in [0, 0.05) is 17.1 Å². The van der Waals surface area contributed by atoms with Crippen LogP contribution < -0.4 is 19.1 Å². The Kier molecular flexibility index (Phi) is 7.33. The van der Waals surface area contributed by atoms with Crippen molar-refractivity contribution in [3.8, 4) is 17.2 Å². The number of Topliss-reactive ketones (excluding diaryl/α,β-unsaturated/α-hetero) is 1. The molecule has 1 saturated heterocycles. The number of carbonyl (C=O) groups is 2. The van der Waals surface area contributed by atoms with Crippen LogP contribution in [0.4, 0.5) is 5.13 Å². The minimum atomic E-state index is -0.923. The van der Waals surface area contributed by atoms with Gasteiger partial charge in [-0.2, -0.15) is 0 Å². The van der Waals surface area contributed by atoms with Crippen molar-refractivity contribution in [3.63, 3.8) is 0 Å². The summed E-state index contributed by atoms with van der Waals surface area (Å²) < 4.78 is 16.7. The van der Waals surface area contributed by atoms with Gasteiger partial charge in [0.1, 0.15) is 18.1 Å². The standard InChI is InChI=1S/C30H26N2O6S/c1-18-5-4-6-19(15-18)17-38-22-10-7-20(8-11-22)27(33)25-26(21-9-12-23(36-2)24(16-21)37-3)32(29(35)28(25)34)30-31-13-14-39-30/h4-16,26,33H,17H2,1-3H3/b27-25+/t26-/m1/s1. The number of aliphatic hydroxyl groups excluding tert-OH is 1. The molecule has 3 aromatic carbocycles. The van der Waals surface area contributed by atoms with Gasteiger partial charge in [0.25, 0.3) is 5.78 Å². The van der Waals surface area contributed by atoms with E-state index >= 15 is 0 Å². The molecular weight excluding hydrogens is 516 g/mol. The summed E-state index contributed by atoms with van der Waals surface area (Å²) in [4.78, 5) is 32.1. The van der Waals surface area contributed by atoms with Crippen molar-refractivity contribution in [2.45, 2.75) is 19.6 Å². The van der Waals surface area contributed by atoms with Crippen LogP contribution in [0.25, 0.3) is 5.76 Å². The monoisotopic (exact) mass is 542 g/mol. The maximum Gasteiger partial charge on any atom is 0.301 e. The lowest BCUT2D eigenvalue weighted by Crippen LogP contribution is -2.29. The third-order valence-electron chi connectivity index (χ3n) is 6.41. The summed E-state index contributed by atoms with van der Waals surface area (Å²) in [7, 11) is 3.02. The number of methoxy groups -OCH3 is 2. The van der Waals surface area contributed by atoms with Crippen LogP contribution in [0.5, 0.6) is 17.2 Å². The van der Waals surface area contributed by atoms with Crippen molar-refractivity contribution in [3.05, 3.63) is 106 Å². The summed E-state index contributed by atoms with van der Waals surface area (Å²) >= 11 is 1.22. The van der Waals surface area contributed by atoms with E-state index in [4.69, 9.17) is 14.2 Å². The van der Waals surface area contributed by atoms with Crippen molar-refractivity contribution in [1.82, 2.24) is 4.98 Å². The van der Waals surface area contributed by atoms with Gasteiger partial charge in [0.05, 0.1) is 25.8 Å². The highest BCUT2D eigenvalue weighted by atomic mass is 32.1. The van der Waals surface area contributed by atoms with Crippen LogP contribution in [0.2, 0.25) is 0 Å². The molecule has 1 atom stereocenters. The largest absolute Gasteiger partial charge is 0.507 e. The van der Waals surface area contributed by atoms with Gasteiger partial charge in [-0.3, -0.25) is 14.5 Å². The van der Waals surface area contributed by atoms with Crippen LogP contribution in [0.15, 0.2) is 83.9 Å². The van der Waals surface area contributed by atoms with E-state index in [9.17, 15) is 14.7 Å². The summed E-state index contributed by atoms with van der Waals surface area (Å²) in [6, 6.07) is 19.0. The first kappa shape index (κ1) is 26.0. The minimum absolute atomic E-state index is 0.0455. The van der Waals surface area contributed by atoms with E-state index in [1.165, 1.54) is 30.5 Å². The number of ether oxygens (including phenoxy) is 3. The van der Waals surface area contributed by atoms with E-state index < -0.39 is 17.7 Å². The van der Waals surface area contributed by atoms with Gasteiger partial charge < -0.3 is 19.3 Å². The molecule has 2 heterocycles. The molecule has 1 aromatic heterocycles. The van der Waals surface area contributed by atoms with Crippen molar-refractivity contribution in [2.24, 2.45) is 0 Å². The number of benzene rings is 3. The Morgan fingerprint density at radius 3 is 2.44 bits per heavy atom. The molecule has 0 spiro atoms. The number of nitrogens with zero attached hydrogens (tertiary/aromatic N) is 2. The van der Waals surface area contributed by atoms with E-state index in [1.807, 2.05) is 25.1 Å². The van der Waals surface area contributed by atoms with Crippen molar-refractivity contribution >= 4 is 33.9 Å². The second-order valence-corrected chi connectivity index (χ2v) is 9.77. The fraction of sp³-hybridized carbons (Fsp3) is 0.167. The van der Waals surface area contributed by atoms with Crippen molar-refractivity contribution in [2.75, 3.05) is 19.1 Å². The minimum Gasteiger partial charge on any atom is -0.507 e. The van der Waals surface area contributed by atoms with Gasteiger partial charge in [-0.1, -0.05) is 35.9 Å². The maximum absolute atomic E-state index is 13.3. The normalized spacial score (nSPS) is 16.4. The third-order valence-corrected chi connectivity index (χ3v) is 7.18. The summed E-state index contributed by atoms with van der Waals surface area (Å²) in [5.41, 5.74) is 3.08. The van der Waals surface area contributed by atoms with Crippen molar-refractivity contribution < 1.29 is 28.9 Å². The van der Waals surface area contributed by atoms with Gasteiger partial charge in [-0.05, 0) is 54.4 Å². The lowest BCUT2D eigenvalue weighted by atomic mass is 9.95. The Labute approximate surface area is 229 Å². The van der Waals surface area contributed by atoms with Crippen molar-refractivity contribution in [1.29, 1.82) is 0 Å². The number of carbonyl (C=O) groups excluding carboxylic acids is 2. The SMILES string of the molecule is COc1ccc([C@@H]2/C(=C(\O)c3ccc(OCc4cccc(C)c4)cc3)C(=O)C(=O)N2c2nccs2)cc1OC. The van der Waals surface area contributed by atoms with Gasteiger partial charge in [-0.15, -0.1) is 11.3 Å². The highest BCUT2D eigenvalue weighted by Crippen LogP contribution is 2.44.